The monoisotopic (exact) mass is 465 g/mol. The highest BCUT2D eigenvalue weighted by Crippen LogP contribution is 2.34. The van der Waals surface area contributed by atoms with E-state index in [4.69, 9.17) is 4.98 Å². The Hall–Kier alpha value is -3.28. The average Bonchev–Trinajstić information content (AvgIpc) is 3.61. The lowest BCUT2D eigenvalue weighted by Crippen LogP contribution is -2.49. The van der Waals surface area contributed by atoms with E-state index in [1.54, 1.807) is 27.3 Å². The Kier molecular flexibility index (Phi) is 5.08. The van der Waals surface area contributed by atoms with Crippen molar-refractivity contribution in [3.05, 3.63) is 46.7 Å². The number of aromatic nitrogens is 7. The molecular formula is C21H23N9O2S. The number of piperazine rings is 1. The molecule has 11 nitrogen and oxygen atoms in total. The van der Waals surface area contributed by atoms with E-state index in [1.165, 1.54) is 12.7 Å². The number of hydrogen-bond donors (Lipinski definition) is 0. The molecule has 0 saturated carbocycles. The van der Waals surface area contributed by atoms with Crippen LogP contribution in [0.5, 0.6) is 0 Å². The first-order valence-corrected chi connectivity index (χ1v) is 12.1. The van der Waals surface area contributed by atoms with Gasteiger partial charge in [0, 0.05) is 50.0 Å². The second-order valence-corrected chi connectivity index (χ2v) is 9.45. The third-order valence-electron chi connectivity index (χ3n) is 6.53. The van der Waals surface area contributed by atoms with Gasteiger partial charge in [-0.3, -0.25) is 14.2 Å². The highest BCUT2D eigenvalue weighted by Gasteiger charge is 2.33. The van der Waals surface area contributed by atoms with Crippen LogP contribution in [0.1, 0.15) is 30.1 Å². The smallest absolute Gasteiger partial charge is 0.257 e. The SMILES string of the molecule is O=C(CC1CSc2nc3c(c(=O)n21)CCC3)N1CCN(c2cc(-n3cncn3)ncn2)CC1. The van der Waals surface area contributed by atoms with Crippen LogP contribution in [0, 0.1) is 0 Å². The molecule has 3 aromatic rings. The highest BCUT2D eigenvalue weighted by atomic mass is 32.2. The van der Waals surface area contributed by atoms with Crippen molar-refractivity contribution in [3.63, 3.8) is 0 Å². The van der Waals surface area contributed by atoms with Gasteiger partial charge in [-0.2, -0.15) is 5.10 Å². The predicted molar refractivity (Wildman–Crippen MR) is 121 cm³/mol. The van der Waals surface area contributed by atoms with Crippen LogP contribution in [0.3, 0.4) is 0 Å². The van der Waals surface area contributed by atoms with Crippen molar-refractivity contribution in [1.82, 2.24) is 39.2 Å². The van der Waals surface area contributed by atoms with Crippen molar-refractivity contribution in [3.8, 4) is 5.82 Å². The molecule has 1 amide bonds. The first-order chi connectivity index (χ1) is 16.2. The van der Waals surface area contributed by atoms with Gasteiger partial charge in [-0.05, 0) is 19.3 Å². The van der Waals surface area contributed by atoms with E-state index < -0.39 is 0 Å². The van der Waals surface area contributed by atoms with E-state index in [-0.39, 0.29) is 17.5 Å². The van der Waals surface area contributed by atoms with Crippen molar-refractivity contribution in [2.45, 2.75) is 36.9 Å². The molecule has 12 heteroatoms. The van der Waals surface area contributed by atoms with Gasteiger partial charge in [-0.25, -0.2) is 24.6 Å². The first kappa shape index (κ1) is 20.3. The maximum atomic E-state index is 13.1. The second-order valence-electron chi connectivity index (χ2n) is 8.46. The average molecular weight is 466 g/mol. The van der Waals surface area contributed by atoms with Gasteiger partial charge in [0.2, 0.25) is 5.91 Å². The van der Waals surface area contributed by atoms with Gasteiger partial charge < -0.3 is 9.80 Å². The van der Waals surface area contributed by atoms with Crippen molar-refractivity contribution < 1.29 is 4.79 Å². The maximum Gasteiger partial charge on any atom is 0.257 e. The summed E-state index contributed by atoms with van der Waals surface area (Å²) < 4.78 is 3.37. The normalized spacial score (nSPS) is 19.6. The minimum atomic E-state index is -0.117. The molecule has 2 aliphatic heterocycles. The summed E-state index contributed by atoms with van der Waals surface area (Å²) in [6.45, 7) is 2.60. The van der Waals surface area contributed by atoms with E-state index in [2.05, 4.69) is 25.0 Å². The number of anilines is 1. The molecule has 1 unspecified atom stereocenters. The fourth-order valence-electron chi connectivity index (χ4n) is 4.78. The lowest BCUT2D eigenvalue weighted by molar-refractivity contribution is -0.132. The molecule has 1 aliphatic carbocycles. The highest BCUT2D eigenvalue weighted by molar-refractivity contribution is 7.99. The number of carbonyl (C=O) groups excluding carboxylic acids is 1. The molecule has 170 valence electrons. The van der Waals surface area contributed by atoms with Gasteiger partial charge in [0.15, 0.2) is 11.0 Å². The molecule has 33 heavy (non-hydrogen) atoms. The number of carbonyl (C=O) groups is 1. The third-order valence-corrected chi connectivity index (χ3v) is 7.63. The van der Waals surface area contributed by atoms with Crippen molar-refractivity contribution in [2.75, 3.05) is 36.8 Å². The number of thioether (sulfide) groups is 1. The standard InChI is InChI=1S/C21H23N9O2S/c31-19(8-14-10-33-21-26-16-3-1-2-15(16)20(32)30(14)21)28-6-4-27(5-7-28)17-9-18(24-12-23-17)29-13-22-11-25-29/h9,11-14H,1-8,10H2. The zero-order valence-electron chi connectivity index (χ0n) is 18.0. The minimum Gasteiger partial charge on any atom is -0.353 e. The fourth-order valence-corrected chi connectivity index (χ4v) is 5.93. The Balaban J connectivity index is 1.11. The molecule has 1 fully saturated rings. The molecule has 1 saturated heterocycles. The number of amides is 1. The number of aryl methyl sites for hydroxylation is 1. The van der Waals surface area contributed by atoms with Crippen molar-refractivity contribution >= 4 is 23.5 Å². The lowest BCUT2D eigenvalue weighted by Gasteiger charge is -2.36. The summed E-state index contributed by atoms with van der Waals surface area (Å²) in [5.74, 6) is 2.27. The van der Waals surface area contributed by atoms with E-state index in [9.17, 15) is 9.59 Å². The minimum absolute atomic E-state index is 0.0621. The molecular weight excluding hydrogens is 442 g/mol. The molecule has 0 bridgehead atoms. The van der Waals surface area contributed by atoms with Crippen LogP contribution in [0.25, 0.3) is 5.82 Å². The Bertz CT molecular complexity index is 1250. The maximum absolute atomic E-state index is 13.1. The van der Waals surface area contributed by atoms with Crippen LogP contribution in [0.4, 0.5) is 5.82 Å². The topological polar surface area (TPSA) is 115 Å². The largest absolute Gasteiger partial charge is 0.353 e. The predicted octanol–water partition coefficient (Wildman–Crippen LogP) is 0.488. The van der Waals surface area contributed by atoms with Crippen LogP contribution in [0.15, 0.2) is 35.0 Å². The molecule has 0 spiro atoms. The molecule has 3 aromatic heterocycles. The number of hydrogen-bond acceptors (Lipinski definition) is 9. The summed E-state index contributed by atoms with van der Waals surface area (Å²) in [5, 5.41) is 4.88. The summed E-state index contributed by atoms with van der Waals surface area (Å²) in [5.41, 5.74) is 1.87. The summed E-state index contributed by atoms with van der Waals surface area (Å²) in [4.78, 5) is 47.4. The Morgan fingerprint density at radius 1 is 1.09 bits per heavy atom. The second kappa shape index (κ2) is 8.25. The third kappa shape index (κ3) is 3.67. The Labute approximate surface area is 193 Å². The summed E-state index contributed by atoms with van der Waals surface area (Å²) in [7, 11) is 0. The van der Waals surface area contributed by atoms with Crippen LogP contribution in [-0.4, -0.2) is 77.0 Å². The van der Waals surface area contributed by atoms with Crippen LogP contribution < -0.4 is 10.5 Å². The van der Waals surface area contributed by atoms with E-state index in [1.807, 2.05) is 11.0 Å². The lowest BCUT2D eigenvalue weighted by atomic mass is 10.1. The number of fused-ring (bicyclic) bond motifs is 2. The molecule has 0 N–H and O–H groups in total. The van der Waals surface area contributed by atoms with Crippen LogP contribution >= 0.6 is 11.8 Å². The van der Waals surface area contributed by atoms with E-state index in [0.717, 1.165) is 47.2 Å². The molecule has 1 atom stereocenters. The Morgan fingerprint density at radius 3 is 2.76 bits per heavy atom. The van der Waals surface area contributed by atoms with Crippen LogP contribution in [0.2, 0.25) is 0 Å². The van der Waals surface area contributed by atoms with Gasteiger partial charge in [0.1, 0.15) is 24.8 Å². The van der Waals surface area contributed by atoms with Crippen molar-refractivity contribution in [2.24, 2.45) is 0 Å². The molecule has 0 aromatic carbocycles. The zero-order chi connectivity index (χ0) is 22.4. The Morgan fingerprint density at radius 2 is 1.94 bits per heavy atom. The number of rotatable bonds is 4. The molecule has 5 heterocycles. The summed E-state index contributed by atoms with van der Waals surface area (Å²) in [6, 6.07) is 1.75. The van der Waals surface area contributed by atoms with Crippen LogP contribution in [-0.2, 0) is 17.6 Å². The molecule has 3 aliphatic rings. The number of nitrogens with zero attached hydrogens (tertiary/aromatic N) is 9. The van der Waals surface area contributed by atoms with E-state index in [0.29, 0.717) is 38.4 Å². The fraction of sp³-hybridized carbons (Fsp3) is 0.476. The van der Waals surface area contributed by atoms with Gasteiger partial charge in [-0.1, -0.05) is 11.8 Å². The molecule has 0 radical (unpaired) electrons. The summed E-state index contributed by atoms with van der Waals surface area (Å²) >= 11 is 1.59. The van der Waals surface area contributed by atoms with Crippen molar-refractivity contribution in [1.29, 1.82) is 0 Å². The van der Waals surface area contributed by atoms with Gasteiger partial charge in [0.25, 0.3) is 5.56 Å². The van der Waals surface area contributed by atoms with Gasteiger partial charge >= 0.3 is 0 Å². The van der Waals surface area contributed by atoms with E-state index >= 15 is 0 Å². The molecule has 6 rings (SSSR count). The first-order valence-electron chi connectivity index (χ1n) is 11.1. The van der Waals surface area contributed by atoms with Gasteiger partial charge in [0.05, 0.1) is 11.7 Å². The zero-order valence-corrected chi connectivity index (χ0v) is 18.8. The quantitative estimate of drug-likeness (QED) is 0.508. The van der Waals surface area contributed by atoms with Gasteiger partial charge in [-0.15, -0.1) is 0 Å². The summed E-state index contributed by atoms with van der Waals surface area (Å²) in [6.07, 6.45) is 7.59.